The van der Waals surface area contributed by atoms with Crippen LogP contribution in [-0.4, -0.2) is 57.1 Å². The van der Waals surface area contributed by atoms with E-state index in [1.54, 1.807) is 18.0 Å². The zero-order valence-electron chi connectivity index (χ0n) is 12.0. The van der Waals surface area contributed by atoms with Gasteiger partial charge >= 0.3 is 11.8 Å². The number of rotatable bonds is 2. The van der Waals surface area contributed by atoms with Crippen LogP contribution < -0.4 is 4.90 Å². The molecule has 1 aliphatic heterocycles. The summed E-state index contributed by atoms with van der Waals surface area (Å²) in [5, 5.41) is 3.64. The molecule has 8 heteroatoms. The van der Waals surface area contributed by atoms with Gasteiger partial charge in [-0.1, -0.05) is 5.16 Å². The van der Waals surface area contributed by atoms with Gasteiger partial charge < -0.3 is 14.3 Å². The fourth-order valence-corrected chi connectivity index (χ4v) is 2.28. The Kier molecular flexibility index (Phi) is 3.51. The van der Waals surface area contributed by atoms with Crippen molar-refractivity contribution in [3.63, 3.8) is 0 Å². The number of aryl methyl sites for hydroxylation is 2. The van der Waals surface area contributed by atoms with Gasteiger partial charge in [0.1, 0.15) is 11.6 Å². The molecule has 0 radical (unpaired) electrons. The van der Waals surface area contributed by atoms with Gasteiger partial charge in [0.25, 0.3) is 0 Å². The maximum Gasteiger partial charge on any atom is 0.316 e. The molecule has 3 heterocycles. The second kappa shape index (κ2) is 5.47. The lowest BCUT2D eigenvalue weighted by molar-refractivity contribution is 0.0696. The van der Waals surface area contributed by atoms with Crippen molar-refractivity contribution in [3.8, 4) is 0 Å². The molecule has 0 saturated carbocycles. The third kappa shape index (κ3) is 2.83. The molecule has 0 aliphatic carbocycles. The Morgan fingerprint density at radius 2 is 1.90 bits per heavy atom. The fourth-order valence-electron chi connectivity index (χ4n) is 2.28. The number of hydrogen-bond acceptors (Lipinski definition) is 7. The second-order valence-electron chi connectivity index (χ2n) is 4.89. The van der Waals surface area contributed by atoms with Gasteiger partial charge in [-0.2, -0.15) is 4.98 Å². The first-order valence-corrected chi connectivity index (χ1v) is 6.77. The van der Waals surface area contributed by atoms with Gasteiger partial charge in [-0.25, -0.2) is 9.97 Å². The van der Waals surface area contributed by atoms with E-state index in [0.29, 0.717) is 18.9 Å². The molecule has 0 N–H and O–H groups in total. The largest absolute Gasteiger partial charge is 0.353 e. The molecule has 8 nitrogen and oxygen atoms in total. The Bertz CT molecular complexity index is 648. The van der Waals surface area contributed by atoms with E-state index < -0.39 is 0 Å². The van der Waals surface area contributed by atoms with Crippen LogP contribution in [-0.2, 0) is 0 Å². The molecular weight excluding hydrogens is 272 g/mol. The molecule has 0 spiro atoms. The Morgan fingerprint density at radius 1 is 1.14 bits per heavy atom. The Morgan fingerprint density at radius 3 is 2.52 bits per heavy atom. The lowest BCUT2D eigenvalue weighted by atomic mass is 10.3. The highest BCUT2D eigenvalue weighted by Gasteiger charge is 2.26. The van der Waals surface area contributed by atoms with Crippen LogP contribution in [0, 0.1) is 13.8 Å². The highest BCUT2D eigenvalue weighted by molar-refractivity contribution is 5.89. The summed E-state index contributed by atoms with van der Waals surface area (Å²) in [6, 6.07) is 1.88. The minimum atomic E-state index is -0.214. The van der Waals surface area contributed by atoms with Crippen molar-refractivity contribution in [2.45, 2.75) is 13.8 Å². The van der Waals surface area contributed by atoms with Crippen molar-refractivity contribution in [2.24, 2.45) is 0 Å². The first-order valence-electron chi connectivity index (χ1n) is 6.77. The molecular formula is C13H16N6O2. The highest BCUT2D eigenvalue weighted by atomic mass is 16.5. The number of piperazine rings is 1. The summed E-state index contributed by atoms with van der Waals surface area (Å²) in [5.41, 5.74) is 0. The average molecular weight is 288 g/mol. The molecule has 2 aromatic rings. The Hall–Kier alpha value is -2.51. The Balaban J connectivity index is 1.64. The maximum atomic E-state index is 12.2. The number of carbonyl (C=O) groups excluding carboxylic acids is 1. The zero-order valence-corrected chi connectivity index (χ0v) is 12.0. The van der Waals surface area contributed by atoms with Gasteiger partial charge in [0.15, 0.2) is 5.82 Å². The van der Waals surface area contributed by atoms with Crippen molar-refractivity contribution in [1.29, 1.82) is 0 Å². The van der Waals surface area contributed by atoms with Gasteiger partial charge in [-0.05, 0) is 19.9 Å². The third-order valence-corrected chi connectivity index (χ3v) is 3.36. The summed E-state index contributed by atoms with van der Waals surface area (Å²) in [4.78, 5) is 28.5. The van der Waals surface area contributed by atoms with Crippen LogP contribution in [0.3, 0.4) is 0 Å². The van der Waals surface area contributed by atoms with E-state index in [2.05, 4.69) is 25.0 Å². The first-order chi connectivity index (χ1) is 10.1. The van der Waals surface area contributed by atoms with Gasteiger partial charge in [0, 0.05) is 32.4 Å². The number of anilines is 1. The van der Waals surface area contributed by atoms with Crippen LogP contribution >= 0.6 is 0 Å². The van der Waals surface area contributed by atoms with E-state index in [-0.39, 0.29) is 11.8 Å². The molecule has 0 atom stereocenters. The van der Waals surface area contributed by atoms with E-state index in [1.165, 1.54) is 0 Å². The van der Waals surface area contributed by atoms with Crippen molar-refractivity contribution in [3.05, 3.63) is 29.8 Å². The number of amides is 1. The summed E-state index contributed by atoms with van der Waals surface area (Å²) < 4.78 is 4.92. The number of nitrogens with zero attached hydrogens (tertiary/aromatic N) is 6. The van der Waals surface area contributed by atoms with E-state index in [1.807, 2.05) is 13.0 Å². The van der Waals surface area contributed by atoms with Crippen molar-refractivity contribution >= 4 is 11.7 Å². The second-order valence-corrected chi connectivity index (χ2v) is 4.89. The maximum absolute atomic E-state index is 12.2. The van der Waals surface area contributed by atoms with Gasteiger partial charge in [0.05, 0.1) is 0 Å². The molecule has 2 aromatic heterocycles. The van der Waals surface area contributed by atoms with Gasteiger partial charge in [0.2, 0.25) is 0 Å². The van der Waals surface area contributed by atoms with E-state index in [0.717, 1.165) is 24.7 Å². The molecule has 1 saturated heterocycles. The Labute approximate surface area is 121 Å². The quantitative estimate of drug-likeness (QED) is 0.792. The predicted octanol–water partition coefficient (Wildman–Crippen LogP) is 0.439. The van der Waals surface area contributed by atoms with Gasteiger partial charge in [-0.15, -0.1) is 0 Å². The van der Waals surface area contributed by atoms with Crippen LogP contribution in [0.4, 0.5) is 5.82 Å². The van der Waals surface area contributed by atoms with Crippen molar-refractivity contribution in [1.82, 2.24) is 25.0 Å². The molecule has 21 heavy (non-hydrogen) atoms. The summed E-state index contributed by atoms with van der Waals surface area (Å²) in [7, 11) is 0. The molecule has 1 amide bonds. The van der Waals surface area contributed by atoms with Crippen molar-refractivity contribution < 1.29 is 9.32 Å². The topological polar surface area (TPSA) is 88.3 Å². The predicted molar refractivity (Wildman–Crippen MR) is 73.9 cm³/mol. The smallest absolute Gasteiger partial charge is 0.316 e. The minimum absolute atomic E-state index is 0.0545. The number of carbonyl (C=O) groups is 1. The number of aromatic nitrogens is 4. The number of hydrogen-bond donors (Lipinski definition) is 0. The van der Waals surface area contributed by atoms with Gasteiger partial charge in [-0.3, -0.25) is 4.79 Å². The standard InChI is InChI=1S/C13H16N6O2/c1-9-14-4-3-11(15-9)18-5-7-19(8-6-18)13(20)12-16-10(2)17-21-12/h3-4H,5-8H2,1-2H3. The summed E-state index contributed by atoms with van der Waals surface area (Å²) in [6.45, 7) is 6.19. The first kappa shape index (κ1) is 13.5. The van der Waals surface area contributed by atoms with E-state index in [9.17, 15) is 4.79 Å². The summed E-state index contributed by atoms with van der Waals surface area (Å²) in [6.07, 6.45) is 1.75. The SMILES string of the molecule is Cc1nccc(N2CCN(C(=O)c3nc(C)no3)CC2)n1. The molecule has 0 aromatic carbocycles. The zero-order chi connectivity index (χ0) is 14.8. The van der Waals surface area contributed by atoms with Crippen LogP contribution in [0.15, 0.2) is 16.8 Å². The fraction of sp³-hybridized carbons (Fsp3) is 0.462. The molecule has 1 aliphatic rings. The van der Waals surface area contributed by atoms with Crippen LogP contribution in [0.2, 0.25) is 0 Å². The molecule has 3 rings (SSSR count). The average Bonchev–Trinajstić information content (AvgIpc) is 2.93. The lowest BCUT2D eigenvalue weighted by Crippen LogP contribution is -2.49. The van der Waals surface area contributed by atoms with Crippen LogP contribution in [0.25, 0.3) is 0 Å². The van der Waals surface area contributed by atoms with Crippen LogP contribution in [0.1, 0.15) is 22.3 Å². The van der Waals surface area contributed by atoms with E-state index >= 15 is 0 Å². The van der Waals surface area contributed by atoms with Crippen molar-refractivity contribution in [2.75, 3.05) is 31.1 Å². The molecule has 0 unspecified atom stereocenters. The van der Waals surface area contributed by atoms with Crippen LogP contribution in [0.5, 0.6) is 0 Å². The molecule has 110 valence electrons. The summed E-state index contributed by atoms with van der Waals surface area (Å²) >= 11 is 0. The highest BCUT2D eigenvalue weighted by Crippen LogP contribution is 2.14. The molecule has 0 bridgehead atoms. The van der Waals surface area contributed by atoms with E-state index in [4.69, 9.17) is 4.52 Å². The normalized spacial score (nSPS) is 15.3. The lowest BCUT2D eigenvalue weighted by Gasteiger charge is -2.34. The molecule has 1 fully saturated rings. The summed E-state index contributed by atoms with van der Waals surface area (Å²) in [5.74, 6) is 1.94. The third-order valence-electron chi connectivity index (χ3n) is 3.36. The minimum Gasteiger partial charge on any atom is -0.353 e. The monoisotopic (exact) mass is 288 g/mol.